The van der Waals surface area contributed by atoms with Crippen LogP contribution in [-0.4, -0.2) is 6.61 Å². The second-order valence-corrected chi connectivity index (χ2v) is 11.6. The summed E-state index contributed by atoms with van der Waals surface area (Å²) in [6.07, 6.45) is 16.0. The first-order chi connectivity index (χ1) is 17.9. The van der Waals surface area contributed by atoms with Crippen LogP contribution >= 0.6 is 0 Å². The van der Waals surface area contributed by atoms with Crippen LogP contribution in [0.2, 0.25) is 0 Å². The summed E-state index contributed by atoms with van der Waals surface area (Å²) in [5.41, 5.74) is 1.70. The summed E-state index contributed by atoms with van der Waals surface area (Å²) >= 11 is 0. The van der Waals surface area contributed by atoms with Crippen LogP contribution in [0, 0.1) is 29.4 Å². The molecule has 2 saturated carbocycles. The number of alkyl halides is 2. The Balaban J connectivity index is 1.20. The van der Waals surface area contributed by atoms with Crippen LogP contribution in [0.1, 0.15) is 107 Å². The van der Waals surface area contributed by atoms with Crippen molar-refractivity contribution in [3.05, 3.63) is 64.7 Å². The Labute approximate surface area is 220 Å². The van der Waals surface area contributed by atoms with Crippen molar-refractivity contribution in [3.63, 3.8) is 0 Å². The van der Waals surface area contributed by atoms with Gasteiger partial charge in [-0.05, 0) is 97.6 Å². The van der Waals surface area contributed by atoms with E-state index in [-0.39, 0.29) is 23.7 Å². The zero-order valence-electron chi connectivity index (χ0n) is 22.2. The first-order valence-corrected chi connectivity index (χ1v) is 14.4. The van der Waals surface area contributed by atoms with Gasteiger partial charge >= 0.3 is 6.61 Å². The highest BCUT2D eigenvalue weighted by Gasteiger charge is 2.24. The molecular formula is C32H42F4O. The van der Waals surface area contributed by atoms with E-state index in [4.69, 9.17) is 0 Å². The van der Waals surface area contributed by atoms with E-state index in [0.29, 0.717) is 6.42 Å². The maximum atomic E-state index is 14.9. The lowest BCUT2D eigenvalue weighted by Gasteiger charge is -2.29. The lowest BCUT2D eigenvalue weighted by molar-refractivity contribution is -0.0498. The predicted molar refractivity (Wildman–Crippen MR) is 141 cm³/mol. The van der Waals surface area contributed by atoms with E-state index in [1.165, 1.54) is 75.6 Å². The molecular weight excluding hydrogens is 476 g/mol. The molecule has 0 N–H and O–H groups in total. The van der Waals surface area contributed by atoms with Gasteiger partial charge in [0, 0.05) is 5.56 Å². The van der Waals surface area contributed by atoms with Gasteiger partial charge in [-0.25, -0.2) is 8.78 Å². The molecule has 2 aromatic carbocycles. The Bertz CT molecular complexity index is 934. The van der Waals surface area contributed by atoms with Crippen molar-refractivity contribution in [2.75, 3.05) is 0 Å². The van der Waals surface area contributed by atoms with E-state index in [0.717, 1.165) is 54.6 Å². The maximum absolute atomic E-state index is 14.9. The highest BCUT2D eigenvalue weighted by Crippen LogP contribution is 2.39. The number of hydrogen-bond donors (Lipinski definition) is 0. The number of ether oxygens (including phenoxy) is 1. The highest BCUT2D eigenvalue weighted by molar-refractivity contribution is 5.31. The normalized spacial score (nSPS) is 24.4. The number of hydrogen-bond acceptors (Lipinski definition) is 1. The second-order valence-electron chi connectivity index (χ2n) is 11.6. The van der Waals surface area contributed by atoms with Gasteiger partial charge in [-0.1, -0.05) is 70.4 Å². The molecule has 0 heterocycles. The highest BCUT2D eigenvalue weighted by atomic mass is 19.3. The van der Waals surface area contributed by atoms with Crippen molar-refractivity contribution in [1.82, 2.24) is 0 Å². The van der Waals surface area contributed by atoms with Gasteiger partial charge in [0.15, 0.2) is 0 Å². The summed E-state index contributed by atoms with van der Waals surface area (Å²) in [4.78, 5) is 0. The summed E-state index contributed by atoms with van der Waals surface area (Å²) in [5, 5.41) is 0. The molecule has 2 aliphatic carbocycles. The quantitative estimate of drug-likeness (QED) is 0.212. The van der Waals surface area contributed by atoms with Crippen molar-refractivity contribution in [2.24, 2.45) is 17.8 Å². The minimum Gasteiger partial charge on any atom is -0.435 e. The van der Waals surface area contributed by atoms with Crippen molar-refractivity contribution >= 4 is 0 Å². The predicted octanol–water partition coefficient (Wildman–Crippen LogP) is 10.0. The van der Waals surface area contributed by atoms with Gasteiger partial charge in [0.2, 0.25) is 0 Å². The van der Waals surface area contributed by atoms with E-state index in [2.05, 4.69) is 11.7 Å². The molecule has 0 spiro atoms. The zero-order valence-corrected chi connectivity index (χ0v) is 22.2. The molecule has 0 atom stereocenters. The summed E-state index contributed by atoms with van der Waals surface area (Å²) in [6, 6.07) is 9.27. The van der Waals surface area contributed by atoms with Crippen LogP contribution in [0.4, 0.5) is 17.6 Å². The lowest BCUT2D eigenvalue weighted by atomic mass is 9.76. The SMILES string of the molecule is CC1CCC(CCCCC2CCC(c3cc(F)c(CCc4ccc(OC(F)F)cc4)c(F)c3)CC2)CC1. The minimum absolute atomic E-state index is 0.0734. The third-order valence-electron chi connectivity index (χ3n) is 8.90. The second kappa shape index (κ2) is 13.7. The van der Waals surface area contributed by atoms with E-state index >= 15 is 0 Å². The van der Waals surface area contributed by atoms with Gasteiger partial charge in [-0.3, -0.25) is 0 Å². The molecule has 0 unspecified atom stereocenters. The van der Waals surface area contributed by atoms with Gasteiger partial charge < -0.3 is 4.74 Å². The average Bonchev–Trinajstić information content (AvgIpc) is 2.88. The smallest absolute Gasteiger partial charge is 0.387 e. The van der Waals surface area contributed by atoms with Gasteiger partial charge in [0.05, 0.1) is 0 Å². The molecule has 0 aromatic heterocycles. The molecule has 37 heavy (non-hydrogen) atoms. The number of unbranched alkanes of at least 4 members (excludes halogenated alkanes) is 1. The standard InChI is InChI=1S/C32H42F4O/c1-22-6-8-23(9-7-22)4-2-3-5-24-10-15-26(16-11-24)27-20-30(33)29(31(34)21-27)19-14-25-12-17-28(18-13-25)37-32(35)36/h12-13,17-18,20-24,26,32H,2-11,14-16,19H2,1H3. The molecule has 2 aliphatic rings. The fourth-order valence-corrected chi connectivity index (χ4v) is 6.47. The third-order valence-corrected chi connectivity index (χ3v) is 8.90. The topological polar surface area (TPSA) is 9.23 Å². The molecule has 0 amide bonds. The van der Waals surface area contributed by atoms with E-state index in [1.807, 2.05) is 0 Å². The Morgan fingerprint density at radius 3 is 1.84 bits per heavy atom. The summed E-state index contributed by atoms with van der Waals surface area (Å²) in [5.74, 6) is 1.98. The van der Waals surface area contributed by atoms with Crippen molar-refractivity contribution in [3.8, 4) is 5.75 Å². The Morgan fingerprint density at radius 2 is 1.30 bits per heavy atom. The van der Waals surface area contributed by atoms with Gasteiger partial charge in [-0.15, -0.1) is 0 Å². The monoisotopic (exact) mass is 518 g/mol. The Kier molecular flexibility index (Phi) is 10.3. The summed E-state index contributed by atoms with van der Waals surface area (Å²) in [7, 11) is 0. The van der Waals surface area contributed by atoms with Crippen LogP contribution in [0.25, 0.3) is 0 Å². The number of benzene rings is 2. The average molecular weight is 519 g/mol. The largest absolute Gasteiger partial charge is 0.435 e. The maximum Gasteiger partial charge on any atom is 0.387 e. The molecule has 0 saturated heterocycles. The van der Waals surface area contributed by atoms with Crippen LogP contribution < -0.4 is 4.74 Å². The van der Waals surface area contributed by atoms with E-state index in [9.17, 15) is 17.6 Å². The molecule has 204 valence electrons. The van der Waals surface area contributed by atoms with Crippen LogP contribution in [-0.2, 0) is 12.8 Å². The minimum atomic E-state index is -2.87. The first-order valence-electron chi connectivity index (χ1n) is 14.4. The summed E-state index contributed by atoms with van der Waals surface area (Å²) < 4.78 is 58.7. The van der Waals surface area contributed by atoms with Gasteiger partial charge in [0.1, 0.15) is 17.4 Å². The van der Waals surface area contributed by atoms with E-state index in [1.54, 1.807) is 12.1 Å². The van der Waals surface area contributed by atoms with Gasteiger partial charge in [0.25, 0.3) is 0 Å². The van der Waals surface area contributed by atoms with Crippen LogP contribution in [0.5, 0.6) is 5.75 Å². The zero-order chi connectivity index (χ0) is 26.2. The third kappa shape index (κ3) is 8.48. The van der Waals surface area contributed by atoms with Crippen molar-refractivity contribution in [2.45, 2.75) is 109 Å². The van der Waals surface area contributed by atoms with Gasteiger partial charge in [-0.2, -0.15) is 8.78 Å². The van der Waals surface area contributed by atoms with Crippen LogP contribution in [0.15, 0.2) is 36.4 Å². The van der Waals surface area contributed by atoms with Crippen LogP contribution in [0.3, 0.4) is 0 Å². The molecule has 5 heteroatoms. The summed E-state index contributed by atoms with van der Waals surface area (Å²) in [6.45, 7) is -0.493. The molecule has 0 aliphatic heterocycles. The molecule has 2 fully saturated rings. The molecule has 0 radical (unpaired) electrons. The Hall–Kier alpha value is -2.04. The Morgan fingerprint density at radius 1 is 0.757 bits per heavy atom. The molecule has 0 bridgehead atoms. The van der Waals surface area contributed by atoms with E-state index < -0.39 is 18.2 Å². The fourth-order valence-electron chi connectivity index (χ4n) is 6.47. The molecule has 1 nitrogen and oxygen atoms in total. The lowest BCUT2D eigenvalue weighted by Crippen LogP contribution is -2.15. The fraction of sp³-hybridized carbons (Fsp3) is 0.625. The number of halogens is 4. The first kappa shape index (κ1) is 28.0. The molecule has 4 rings (SSSR count). The molecule has 2 aromatic rings. The number of rotatable bonds is 11. The van der Waals surface area contributed by atoms with Crippen molar-refractivity contribution in [1.29, 1.82) is 0 Å². The van der Waals surface area contributed by atoms with Crippen molar-refractivity contribution < 1.29 is 22.3 Å². The number of aryl methyl sites for hydroxylation is 1.